The van der Waals surface area contributed by atoms with E-state index in [0.717, 1.165) is 103 Å². The van der Waals surface area contributed by atoms with Crippen LogP contribution in [0.2, 0.25) is 0 Å². The molecule has 0 rings (SSSR count). The number of ether oxygens (including phenoxy) is 1. The van der Waals surface area contributed by atoms with Gasteiger partial charge in [0.1, 0.15) is 19.3 Å². The van der Waals surface area contributed by atoms with Crippen LogP contribution in [-0.4, -0.2) is 74.3 Å². The van der Waals surface area contributed by atoms with Gasteiger partial charge in [0.05, 0.1) is 33.8 Å². The lowest BCUT2D eigenvalue weighted by Crippen LogP contribution is -2.47. The van der Waals surface area contributed by atoms with Crippen LogP contribution in [0.15, 0.2) is 85.1 Å². The fourth-order valence-corrected chi connectivity index (χ4v) is 11.8. The Morgan fingerprint density at radius 3 is 1.09 bits per heavy atom. The molecular formula is C79H146N2O7P+. The van der Waals surface area contributed by atoms with Crippen LogP contribution in [-0.2, 0) is 27.9 Å². The van der Waals surface area contributed by atoms with Gasteiger partial charge in [-0.15, -0.1) is 0 Å². The van der Waals surface area contributed by atoms with Gasteiger partial charge < -0.3 is 19.4 Å². The number of nitrogens with one attached hydrogen (secondary N) is 1. The van der Waals surface area contributed by atoms with Crippen molar-refractivity contribution < 1.29 is 37.3 Å². The van der Waals surface area contributed by atoms with Crippen molar-refractivity contribution in [3.8, 4) is 0 Å². The lowest BCUT2D eigenvalue weighted by molar-refractivity contribution is -0.870. The SMILES string of the molecule is CC/C=C\C/C=C\C/C=C\C/C=C\C/C=C\CCCCCCCCCCCC(=O)NC(COP(=O)(O)OCC[N+](C)(C)C)C(/C=C/CCCCCCCCCCC)OC(=O)CCCCCCCCCCCCCCCCCCC/C=C/CCCCCCCC. The van der Waals surface area contributed by atoms with Gasteiger partial charge in [-0.1, -0.05) is 324 Å². The summed E-state index contributed by atoms with van der Waals surface area (Å²) in [7, 11) is 1.50. The molecule has 0 saturated carbocycles. The molecule has 0 aromatic carbocycles. The molecule has 2 N–H and O–H groups in total. The Hall–Kier alpha value is -2.81. The van der Waals surface area contributed by atoms with E-state index in [4.69, 9.17) is 13.8 Å². The molecular weight excluding hydrogens is 1120 g/mol. The van der Waals surface area contributed by atoms with Crippen molar-refractivity contribution in [2.24, 2.45) is 0 Å². The largest absolute Gasteiger partial charge is 0.472 e. The van der Waals surface area contributed by atoms with E-state index in [9.17, 15) is 19.0 Å². The van der Waals surface area contributed by atoms with Gasteiger partial charge in [-0.2, -0.15) is 0 Å². The summed E-state index contributed by atoms with van der Waals surface area (Å²) in [6.07, 6.45) is 91.8. The van der Waals surface area contributed by atoms with Gasteiger partial charge in [0.15, 0.2) is 0 Å². The van der Waals surface area contributed by atoms with E-state index in [1.54, 1.807) is 0 Å². The number of carbonyl (C=O) groups is 2. The Bertz CT molecular complexity index is 1800. The Morgan fingerprint density at radius 1 is 0.404 bits per heavy atom. The molecule has 0 aromatic heterocycles. The number of carbonyl (C=O) groups excluding carboxylic acids is 2. The van der Waals surface area contributed by atoms with Crippen molar-refractivity contribution in [2.45, 2.75) is 367 Å². The second-order valence-corrected chi connectivity index (χ2v) is 28.2. The molecule has 0 spiro atoms. The van der Waals surface area contributed by atoms with Crippen LogP contribution in [0.5, 0.6) is 0 Å². The number of quaternary nitrogens is 1. The molecule has 1 amide bonds. The number of esters is 1. The molecule has 0 heterocycles. The van der Waals surface area contributed by atoms with Crippen LogP contribution in [0.1, 0.15) is 355 Å². The zero-order valence-electron chi connectivity index (χ0n) is 59.4. The molecule has 3 atom stereocenters. The number of unbranched alkanes of at least 4 members (excludes halogenated alkanes) is 41. The minimum atomic E-state index is -4.46. The standard InChI is InChI=1S/C79H145N2O7P/c1-7-10-13-16-19-22-25-27-29-31-33-35-37-39-40-42-44-46-48-50-52-54-57-60-63-66-69-72-79(83)88-77(70-67-64-61-58-55-24-21-18-15-12-9-3)76(75-87-89(84,85)86-74-73-81(4,5)6)80-78(82)71-68-65-62-59-56-53-51-49-47-45-43-41-38-36-34-32-30-28-26-23-20-17-14-11-8-2/h11,14,20,23,27-30,34,36,41,43,67,70,76-77H,7-10,12-13,15-19,21-22,24-26,31-33,35,37-40,42,44-66,68-69,71-75H2,1-6H3,(H-,80,82,84,85)/p+1/b14-11-,23-20-,29-27+,30-28-,36-34-,43-41-,70-67+. The Labute approximate surface area is 552 Å². The lowest BCUT2D eigenvalue weighted by atomic mass is 10.0. The summed E-state index contributed by atoms with van der Waals surface area (Å²) in [5.74, 6) is -0.502. The predicted molar refractivity (Wildman–Crippen MR) is 388 cm³/mol. The number of phosphoric acid groups is 1. The molecule has 0 aliphatic carbocycles. The number of hydrogen-bond donors (Lipinski definition) is 2. The van der Waals surface area contributed by atoms with Gasteiger partial charge in [-0.3, -0.25) is 18.6 Å². The molecule has 0 aliphatic rings. The summed E-state index contributed by atoms with van der Waals surface area (Å²) in [5.41, 5.74) is 0. The predicted octanol–water partition coefficient (Wildman–Crippen LogP) is 24.5. The smallest absolute Gasteiger partial charge is 0.456 e. The van der Waals surface area contributed by atoms with Crippen LogP contribution in [0, 0.1) is 0 Å². The van der Waals surface area contributed by atoms with E-state index in [0.29, 0.717) is 23.9 Å². The van der Waals surface area contributed by atoms with Crippen molar-refractivity contribution in [2.75, 3.05) is 40.9 Å². The van der Waals surface area contributed by atoms with Crippen molar-refractivity contribution in [1.29, 1.82) is 0 Å². The monoisotopic (exact) mass is 1270 g/mol. The summed E-state index contributed by atoms with van der Waals surface area (Å²) in [6, 6.07) is -0.855. The van der Waals surface area contributed by atoms with E-state index < -0.39 is 20.0 Å². The Kier molecular flexibility index (Phi) is 65.9. The van der Waals surface area contributed by atoms with Gasteiger partial charge in [0.25, 0.3) is 0 Å². The third kappa shape index (κ3) is 69.4. The third-order valence-corrected chi connectivity index (χ3v) is 17.8. The van der Waals surface area contributed by atoms with Crippen LogP contribution in [0.3, 0.4) is 0 Å². The van der Waals surface area contributed by atoms with Gasteiger partial charge in [0.2, 0.25) is 5.91 Å². The maximum absolute atomic E-state index is 13.6. The first-order chi connectivity index (χ1) is 43.4. The quantitative estimate of drug-likeness (QED) is 0.0205. The number of amides is 1. The highest BCUT2D eigenvalue weighted by Crippen LogP contribution is 2.43. The minimum absolute atomic E-state index is 0.0374. The molecule has 0 radical (unpaired) electrons. The number of phosphoric ester groups is 1. The summed E-state index contributed by atoms with van der Waals surface area (Å²) in [4.78, 5) is 38.0. The summed E-state index contributed by atoms with van der Waals surface area (Å²) in [6.45, 7) is 6.93. The van der Waals surface area contributed by atoms with Gasteiger partial charge in [-0.25, -0.2) is 4.57 Å². The fraction of sp³-hybridized carbons (Fsp3) is 0.797. The first-order valence-electron chi connectivity index (χ1n) is 37.9. The van der Waals surface area contributed by atoms with E-state index in [1.165, 1.54) is 218 Å². The third-order valence-electron chi connectivity index (χ3n) is 16.8. The van der Waals surface area contributed by atoms with Gasteiger partial charge >= 0.3 is 13.8 Å². The van der Waals surface area contributed by atoms with Crippen LogP contribution in [0.4, 0.5) is 0 Å². The normalized spacial score (nSPS) is 13.9. The molecule has 0 aliphatic heterocycles. The number of likely N-dealkylation sites (N-methyl/N-ethyl adjacent to an activating group) is 1. The molecule has 518 valence electrons. The Morgan fingerprint density at radius 2 is 0.719 bits per heavy atom. The molecule has 0 fully saturated rings. The summed E-state index contributed by atoms with van der Waals surface area (Å²) in [5, 5.41) is 3.07. The zero-order valence-corrected chi connectivity index (χ0v) is 60.3. The number of rotatable bonds is 69. The van der Waals surface area contributed by atoms with Crippen molar-refractivity contribution in [1.82, 2.24) is 5.32 Å². The molecule has 0 aromatic rings. The van der Waals surface area contributed by atoms with E-state index >= 15 is 0 Å². The molecule has 0 saturated heterocycles. The molecule has 0 bridgehead atoms. The lowest BCUT2D eigenvalue weighted by Gasteiger charge is -2.27. The van der Waals surface area contributed by atoms with E-state index in [-0.39, 0.29) is 25.1 Å². The average molecular weight is 1270 g/mol. The summed E-state index contributed by atoms with van der Waals surface area (Å²) >= 11 is 0. The zero-order chi connectivity index (χ0) is 64.9. The van der Waals surface area contributed by atoms with Crippen LogP contribution in [0.25, 0.3) is 0 Å². The molecule has 3 unspecified atom stereocenters. The van der Waals surface area contributed by atoms with Gasteiger partial charge in [0, 0.05) is 12.8 Å². The second-order valence-electron chi connectivity index (χ2n) is 26.8. The molecule has 9 nitrogen and oxygen atoms in total. The first kappa shape index (κ1) is 86.2. The van der Waals surface area contributed by atoms with Crippen molar-refractivity contribution >= 4 is 19.7 Å². The highest BCUT2D eigenvalue weighted by atomic mass is 31.2. The number of allylic oxidation sites excluding steroid dienone is 13. The fourth-order valence-electron chi connectivity index (χ4n) is 11.0. The second kappa shape index (κ2) is 68.1. The average Bonchev–Trinajstić information content (AvgIpc) is 3.62. The van der Waals surface area contributed by atoms with Gasteiger partial charge in [-0.05, 0) is 102 Å². The van der Waals surface area contributed by atoms with E-state index in [1.807, 2.05) is 33.3 Å². The number of nitrogens with zero attached hydrogens (tertiary/aromatic N) is 1. The topological polar surface area (TPSA) is 111 Å². The molecule has 10 heteroatoms. The van der Waals surface area contributed by atoms with Crippen molar-refractivity contribution in [3.63, 3.8) is 0 Å². The first-order valence-corrected chi connectivity index (χ1v) is 39.4. The molecule has 89 heavy (non-hydrogen) atoms. The van der Waals surface area contributed by atoms with Crippen LogP contribution < -0.4 is 5.32 Å². The minimum Gasteiger partial charge on any atom is -0.456 e. The summed E-state index contributed by atoms with van der Waals surface area (Å²) < 4.78 is 30.9. The Balaban J connectivity index is 4.94. The van der Waals surface area contributed by atoms with Crippen LogP contribution >= 0.6 is 7.82 Å². The van der Waals surface area contributed by atoms with Crippen molar-refractivity contribution in [3.05, 3.63) is 85.1 Å². The maximum Gasteiger partial charge on any atom is 0.472 e. The maximum atomic E-state index is 13.6. The highest BCUT2D eigenvalue weighted by Gasteiger charge is 2.30. The number of hydrogen-bond acceptors (Lipinski definition) is 6. The highest BCUT2D eigenvalue weighted by molar-refractivity contribution is 7.47. The van der Waals surface area contributed by atoms with E-state index in [2.05, 4.69) is 99.0 Å².